The third-order valence-corrected chi connectivity index (χ3v) is 16.9. The Labute approximate surface area is 191 Å². The van der Waals surface area contributed by atoms with Crippen LogP contribution in [0.4, 0.5) is 0 Å². The first-order chi connectivity index (χ1) is 12.0. The van der Waals surface area contributed by atoms with E-state index in [1.165, 1.54) is 8.73 Å². The number of imide groups is 1. The molecule has 2 aliphatic carbocycles. The average Bonchev–Trinajstić information content (AvgIpc) is 2.96. The SMILES string of the molecule is O=C1C2C(C(=O)[N]1[Hg][c]1ccccc1O)C1(Cl)C(Cl)=C(Cl)C2(Cl)C1(Cl)Cl. The van der Waals surface area contributed by atoms with Crippen LogP contribution < -0.4 is 3.07 Å². The summed E-state index contributed by atoms with van der Waals surface area (Å²) in [5.74, 6) is -3.20. The number of phenols is 1. The van der Waals surface area contributed by atoms with Crippen molar-refractivity contribution in [2.75, 3.05) is 0 Å². The Morgan fingerprint density at radius 2 is 1.38 bits per heavy atom. The molecule has 0 spiro atoms. The number of aromatic hydroxyl groups is 1. The van der Waals surface area contributed by atoms with Crippen LogP contribution in [0.5, 0.6) is 5.75 Å². The predicted octanol–water partition coefficient (Wildman–Crippen LogP) is 3.46. The molecule has 4 nitrogen and oxygen atoms in total. The van der Waals surface area contributed by atoms with Gasteiger partial charge >= 0.3 is 193 Å². The van der Waals surface area contributed by atoms with E-state index in [4.69, 9.17) is 69.6 Å². The molecule has 1 saturated carbocycles. The topological polar surface area (TPSA) is 57.6 Å². The molecule has 2 fully saturated rings. The number of halogens is 6. The zero-order valence-electron chi connectivity index (χ0n) is 12.6. The zero-order valence-corrected chi connectivity index (χ0v) is 22.7. The molecule has 1 N–H and O–H groups in total. The molecule has 1 heterocycles. The molecule has 4 rings (SSSR count). The number of rotatable bonds is 2. The normalized spacial score (nSPS) is 37.4. The van der Waals surface area contributed by atoms with Crippen LogP contribution in [0.3, 0.4) is 0 Å². The summed E-state index contributed by atoms with van der Waals surface area (Å²) in [5.41, 5.74) is 0. The first-order valence-electron chi connectivity index (χ1n) is 7.45. The number of carbonyl (C=O) groups is 2. The van der Waals surface area contributed by atoms with Gasteiger partial charge in [0, 0.05) is 0 Å². The summed E-state index contributed by atoms with van der Waals surface area (Å²) in [5, 5.41) is 9.78. The van der Waals surface area contributed by atoms with E-state index < -0.39 is 62.6 Å². The molecule has 2 amide bonds. The fraction of sp³-hybridized carbons (Fsp3) is 0.333. The first-order valence-corrected chi connectivity index (χ1v) is 14.9. The third kappa shape index (κ3) is 2.05. The second-order valence-corrected chi connectivity index (χ2v) is 16.4. The predicted molar refractivity (Wildman–Crippen MR) is 96.9 cm³/mol. The molecular formula is C15H7Cl6HgNO3. The molecule has 1 aromatic rings. The molecule has 0 radical (unpaired) electrons. The Hall–Kier alpha value is 0.575. The van der Waals surface area contributed by atoms with E-state index >= 15 is 0 Å². The first kappa shape index (κ1) is 19.9. The van der Waals surface area contributed by atoms with Crippen molar-refractivity contribution in [3.63, 3.8) is 0 Å². The summed E-state index contributed by atoms with van der Waals surface area (Å²) >= 11 is 36.0. The number of nitrogens with zero attached hydrogens (tertiary/aromatic N) is 1. The van der Waals surface area contributed by atoms with E-state index in [1.807, 2.05) is 0 Å². The number of alkyl halides is 4. The number of phenolic OH excluding ortho intramolecular Hbond substituents is 1. The fourth-order valence-electron chi connectivity index (χ4n) is 4.02. The van der Waals surface area contributed by atoms with Crippen molar-refractivity contribution in [3.05, 3.63) is 34.3 Å². The fourth-order valence-corrected chi connectivity index (χ4v) is 13.0. The summed E-state index contributed by atoms with van der Waals surface area (Å²) in [6, 6.07) is 6.59. The van der Waals surface area contributed by atoms with Gasteiger partial charge in [-0.15, -0.1) is 0 Å². The summed E-state index contributed by atoms with van der Waals surface area (Å²) < 4.78 is -0.112. The number of fused-ring (bicyclic) bond motifs is 5. The Morgan fingerprint density at radius 3 is 1.85 bits per heavy atom. The van der Waals surface area contributed by atoms with Gasteiger partial charge in [0.25, 0.3) is 0 Å². The molecule has 26 heavy (non-hydrogen) atoms. The van der Waals surface area contributed by atoms with Crippen LogP contribution in [0.2, 0.25) is 0 Å². The van der Waals surface area contributed by atoms with Gasteiger partial charge in [-0.05, 0) is 0 Å². The van der Waals surface area contributed by atoms with Crippen LogP contribution in [-0.2, 0) is 34.5 Å². The van der Waals surface area contributed by atoms with Crippen LogP contribution in [0.25, 0.3) is 0 Å². The van der Waals surface area contributed by atoms with Crippen molar-refractivity contribution >= 4 is 84.5 Å². The molecular weight excluding hydrogens is 655 g/mol. The maximum absolute atomic E-state index is 13.1. The molecule has 11 heteroatoms. The number of hydrogen-bond acceptors (Lipinski definition) is 3. The van der Waals surface area contributed by atoms with Gasteiger partial charge in [-0.2, -0.15) is 0 Å². The van der Waals surface area contributed by atoms with Crippen LogP contribution in [0.15, 0.2) is 34.3 Å². The van der Waals surface area contributed by atoms with Gasteiger partial charge in [-0.1, -0.05) is 0 Å². The van der Waals surface area contributed by atoms with Crippen molar-refractivity contribution in [2.45, 2.75) is 14.1 Å². The Balaban J connectivity index is 1.81. The van der Waals surface area contributed by atoms with Crippen molar-refractivity contribution in [1.29, 1.82) is 0 Å². The van der Waals surface area contributed by atoms with Crippen molar-refractivity contribution in [2.24, 2.45) is 11.8 Å². The van der Waals surface area contributed by atoms with Gasteiger partial charge in [0.2, 0.25) is 0 Å². The zero-order chi connectivity index (χ0) is 19.2. The van der Waals surface area contributed by atoms with Crippen LogP contribution in [-0.4, -0.2) is 33.7 Å². The van der Waals surface area contributed by atoms with Crippen LogP contribution >= 0.6 is 69.6 Å². The number of hydrogen-bond donors (Lipinski definition) is 1. The summed E-state index contributed by atoms with van der Waals surface area (Å²) in [6.45, 7) is 0. The number of para-hydroxylation sites is 1. The van der Waals surface area contributed by atoms with E-state index in [0.29, 0.717) is 3.07 Å². The number of amides is 2. The summed E-state index contributed by atoms with van der Waals surface area (Å²) in [6.07, 6.45) is 0. The van der Waals surface area contributed by atoms with Gasteiger partial charge in [0.05, 0.1) is 0 Å². The Kier molecular flexibility index (Phi) is 4.62. The van der Waals surface area contributed by atoms with Gasteiger partial charge < -0.3 is 0 Å². The molecule has 1 saturated heterocycles. The van der Waals surface area contributed by atoms with Gasteiger partial charge in [-0.25, -0.2) is 0 Å². The third-order valence-electron chi connectivity index (χ3n) is 5.32. The minimum atomic E-state index is -2.57. The van der Waals surface area contributed by atoms with Gasteiger partial charge in [0.15, 0.2) is 0 Å². The maximum atomic E-state index is 13.1. The monoisotopic (exact) mass is 661 g/mol. The minimum absolute atomic E-state index is 0.0502. The standard InChI is InChI=1S/C9H3Cl6NO2.C6H5O.Hg/c10-3-4(11)8(13)2-1(5(17)16-6(2)18)7(3,12)9(8,14)15;7-6-4-2-1-3-5-6;/h1-2H,(H,16,17,18);1-4,7H;/q;;+1/p-1. The molecule has 4 unspecified atom stereocenters. The van der Waals surface area contributed by atoms with Gasteiger partial charge in [0.1, 0.15) is 0 Å². The van der Waals surface area contributed by atoms with Gasteiger partial charge in [-0.3, -0.25) is 0 Å². The van der Waals surface area contributed by atoms with E-state index in [9.17, 15) is 14.7 Å². The van der Waals surface area contributed by atoms with E-state index in [-0.39, 0.29) is 15.8 Å². The Bertz CT molecular complexity index is 861. The van der Waals surface area contributed by atoms with Crippen LogP contribution in [0, 0.1) is 11.8 Å². The molecule has 134 valence electrons. The van der Waals surface area contributed by atoms with E-state index in [1.54, 1.807) is 18.2 Å². The summed E-state index contributed by atoms with van der Waals surface area (Å²) in [7, 11) is 0. The van der Waals surface area contributed by atoms with Crippen LogP contribution in [0.1, 0.15) is 0 Å². The number of benzene rings is 1. The molecule has 1 aliphatic heterocycles. The Morgan fingerprint density at radius 1 is 0.923 bits per heavy atom. The second kappa shape index (κ2) is 6.04. The molecule has 2 bridgehead atoms. The van der Waals surface area contributed by atoms with E-state index in [0.717, 1.165) is 0 Å². The molecule has 0 aromatic heterocycles. The second-order valence-electron chi connectivity index (χ2n) is 6.47. The van der Waals surface area contributed by atoms with E-state index in [2.05, 4.69) is 0 Å². The quantitative estimate of drug-likeness (QED) is 0.300. The van der Waals surface area contributed by atoms with Crippen molar-refractivity contribution in [3.8, 4) is 5.75 Å². The van der Waals surface area contributed by atoms with Crippen molar-refractivity contribution in [1.82, 2.24) is 2.66 Å². The molecule has 1 aromatic carbocycles. The number of carbonyl (C=O) groups excluding carboxylic acids is 2. The van der Waals surface area contributed by atoms with Crippen molar-refractivity contribution < 1.29 is 39.6 Å². The summed E-state index contributed by atoms with van der Waals surface area (Å²) in [4.78, 5) is 22.6. The molecule has 4 atom stereocenters. The average molecular weight is 663 g/mol. The molecule has 3 aliphatic rings. The number of allylic oxidation sites excluding steroid dienone is 2.